The fourth-order valence-electron chi connectivity index (χ4n) is 8.12. The second kappa shape index (κ2) is 15.7. The number of thiophene rings is 1. The number of rotatable bonds is 4. The molecule has 0 spiro atoms. The molecular formula is C52H46IrN4SSi-2. The van der Waals surface area contributed by atoms with Gasteiger partial charge in [-0.1, -0.05) is 140 Å². The summed E-state index contributed by atoms with van der Waals surface area (Å²) in [6.07, 6.45) is 2.09. The van der Waals surface area contributed by atoms with Gasteiger partial charge in [0, 0.05) is 37.7 Å². The van der Waals surface area contributed by atoms with Gasteiger partial charge in [-0.2, -0.15) is 11.3 Å². The normalized spacial score (nSPS) is 11.9. The first-order valence-corrected chi connectivity index (χ1v) is 24.3. The molecule has 0 aliphatic rings. The van der Waals surface area contributed by atoms with E-state index in [1.165, 1.54) is 53.3 Å². The van der Waals surface area contributed by atoms with E-state index in [-0.39, 0.29) is 25.5 Å². The monoisotopic (exact) mass is 979 g/mol. The third kappa shape index (κ3) is 7.58. The van der Waals surface area contributed by atoms with Gasteiger partial charge in [-0.05, 0) is 86.9 Å². The molecule has 4 nitrogen and oxygen atoms in total. The molecule has 1 radical (unpaired) electrons. The first-order valence-electron chi connectivity index (χ1n) is 19.9. The summed E-state index contributed by atoms with van der Waals surface area (Å²) in [4.78, 5) is 15.7. The predicted octanol–water partition coefficient (Wildman–Crippen LogP) is 13.6. The first kappa shape index (κ1) is 40.5. The van der Waals surface area contributed by atoms with Gasteiger partial charge >= 0.3 is 0 Å². The van der Waals surface area contributed by atoms with E-state index in [1.807, 2.05) is 25.1 Å². The van der Waals surface area contributed by atoms with Crippen LogP contribution >= 0.6 is 11.3 Å². The Kier molecular flexibility index (Phi) is 10.8. The molecule has 295 valence electrons. The predicted molar refractivity (Wildman–Crippen MR) is 251 cm³/mol. The van der Waals surface area contributed by atoms with Crippen LogP contribution in [0.5, 0.6) is 0 Å². The van der Waals surface area contributed by atoms with E-state index < -0.39 is 8.07 Å². The summed E-state index contributed by atoms with van der Waals surface area (Å²) >= 11 is 1.72. The average Bonchev–Trinajstić information content (AvgIpc) is 3.78. The topological polar surface area (TPSA) is 43.6 Å². The smallest absolute Gasteiger partial charge is 0.113 e. The van der Waals surface area contributed by atoms with E-state index in [0.717, 1.165) is 49.9 Å². The maximum Gasteiger partial charge on any atom is 0.113 e. The SMILES string of the molecule is Cc1cc(-c2[c-]ccc3c2ccc2ccccc23)ncc1[Si](C)(C)C.Cc1ccc2c(n1)sc1c(-c3nc4ccccc4n3-c3ccc(C(C)(C)C)cc3)[c-]ccc12.[Ir]. The summed E-state index contributed by atoms with van der Waals surface area (Å²) < 4.78 is 3.43. The third-order valence-electron chi connectivity index (χ3n) is 11.1. The minimum Gasteiger partial charge on any atom is -0.333 e. The van der Waals surface area contributed by atoms with E-state index in [4.69, 9.17) is 15.0 Å². The van der Waals surface area contributed by atoms with Crippen molar-refractivity contribution >= 4 is 77.5 Å². The molecule has 0 bridgehead atoms. The number of aryl methyl sites for hydroxylation is 2. The fraction of sp³-hybridized carbons (Fsp3) is 0.173. The van der Waals surface area contributed by atoms with Crippen LogP contribution in [0, 0.1) is 26.0 Å². The number of benzene rings is 6. The Bertz CT molecular complexity index is 3170. The summed E-state index contributed by atoms with van der Waals surface area (Å²) in [6.45, 7) is 18.1. The van der Waals surface area contributed by atoms with Crippen molar-refractivity contribution in [1.82, 2.24) is 19.5 Å². The van der Waals surface area contributed by atoms with Gasteiger partial charge < -0.3 is 9.55 Å². The molecule has 0 atom stereocenters. The Morgan fingerprint density at radius 1 is 0.661 bits per heavy atom. The Hall–Kier alpha value is -5.30. The van der Waals surface area contributed by atoms with Crippen molar-refractivity contribution < 1.29 is 20.1 Å². The minimum absolute atomic E-state index is 0. The van der Waals surface area contributed by atoms with Gasteiger partial charge in [0.1, 0.15) is 4.83 Å². The maximum absolute atomic E-state index is 5.09. The molecule has 6 aromatic carbocycles. The number of hydrogen-bond donors (Lipinski definition) is 0. The van der Waals surface area contributed by atoms with E-state index in [0.29, 0.717) is 0 Å². The molecular weight excluding hydrogens is 933 g/mol. The molecule has 0 saturated carbocycles. The number of hydrogen-bond acceptors (Lipinski definition) is 4. The molecule has 4 aromatic heterocycles. The molecule has 0 aliphatic heterocycles. The Morgan fingerprint density at radius 3 is 2.10 bits per heavy atom. The molecule has 59 heavy (non-hydrogen) atoms. The first-order chi connectivity index (χ1) is 27.8. The number of pyridine rings is 2. The zero-order chi connectivity index (χ0) is 40.3. The summed E-state index contributed by atoms with van der Waals surface area (Å²) in [7, 11) is -1.36. The van der Waals surface area contributed by atoms with Crippen LogP contribution in [0.3, 0.4) is 0 Å². The second-order valence-electron chi connectivity index (χ2n) is 17.3. The van der Waals surface area contributed by atoms with Crippen molar-refractivity contribution in [3.05, 3.63) is 163 Å². The third-order valence-corrected chi connectivity index (χ3v) is 14.4. The number of nitrogens with zero attached hydrogens (tertiary/aromatic N) is 4. The zero-order valence-electron chi connectivity index (χ0n) is 34.7. The standard InChI is InChI=1S/C29H24N3S.C23H22NSi.Ir/c1-18-12-17-22-21-8-7-9-23(26(21)33-28(22)30-18)27-31-24-10-5-6-11-25(24)32(27)20-15-13-19(14-16-20)29(2,3)4;1-16-14-22(24-15-23(16)25(2,3)4)21-11-7-10-19-18-9-6-5-8-17(18)12-13-20(19)21;/h5-8,10-17H,1-4H3;5-10,12-15H,1-4H3;/q2*-1;. The average molecular weight is 979 g/mol. The van der Waals surface area contributed by atoms with Crippen LogP contribution < -0.4 is 5.19 Å². The molecule has 0 aliphatic carbocycles. The molecule has 0 saturated heterocycles. The van der Waals surface area contributed by atoms with Gasteiger partial charge in [-0.25, -0.2) is 4.98 Å². The minimum atomic E-state index is -1.36. The van der Waals surface area contributed by atoms with Crippen molar-refractivity contribution in [1.29, 1.82) is 0 Å². The molecule has 7 heteroatoms. The van der Waals surface area contributed by atoms with Crippen molar-refractivity contribution in [2.24, 2.45) is 0 Å². The van der Waals surface area contributed by atoms with Crippen LogP contribution in [0.2, 0.25) is 19.6 Å². The molecule has 0 amide bonds. The molecule has 10 rings (SSSR count). The van der Waals surface area contributed by atoms with Gasteiger partial charge in [0.25, 0.3) is 0 Å². The molecule has 0 N–H and O–H groups in total. The molecule has 10 aromatic rings. The Balaban J connectivity index is 0.000000168. The molecule has 0 fully saturated rings. The summed E-state index contributed by atoms with van der Waals surface area (Å²) in [6, 6.07) is 51.9. The van der Waals surface area contributed by atoms with E-state index in [9.17, 15) is 0 Å². The molecule has 0 unspecified atom stereocenters. The fourth-order valence-corrected chi connectivity index (χ4v) is 11.0. The van der Waals surface area contributed by atoms with Crippen molar-refractivity contribution in [3.8, 4) is 28.3 Å². The number of para-hydroxylation sites is 2. The summed E-state index contributed by atoms with van der Waals surface area (Å²) in [5, 5.41) is 8.86. The van der Waals surface area contributed by atoms with Crippen molar-refractivity contribution in [3.63, 3.8) is 0 Å². The molecule has 4 heterocycles. The number of imidazole rings is 1. The van der Waals surface area contributed by atoms with Gasteiger partial charge in [-0.15, -0.1) is 42.0 Å². The van der Waals surface area contributed by atoms with E-state index >= 15 is 0 Å². The van der Waals surface area contributed by atoms with Crippen molar-refractivity contribution in [2.75, 3.05) is 0 Å². The Morgan fingerprint density at radius 2 is 1.36 bits per heavy atom. The van der Waals surface area contributed by atoms with Gasteiger partial charge in [0.2, 0.25) is 0 Å². The maximum atomic E-state index is 5.09. The van der Waals surface area contributed by atoms with Crippen LogP contribution in [0.25, 0.3) is 81.2 Å². The second-order valence-corrected chi connectivity index (χ2v) is 23.3. The Labute approximate surface area is 365 Å². The zero-order valence-corrected chi connectivity index (χ0v) is 38.9. The van der Waals surface area contributed by atoms with Gasteiger partial charge in [0.05, 0.1) is 24.9 Å². The van der Waals surface area contributed by atoms with Crippen LogP contribution in [0.15, 0.2) is 134 Å². The largest absolute Gasteiger partial charge is 0.333 e. The van der Waals surface area contributed by atoms with Crippen LogP contribution in [-0.2, 0) is 25.5 Å². The van der Waals surface area contributed by atoms with Crippen LogP contribution in [-0.4, -0.2) is 27.6 Å². The van der Waals surface area contributed by atoms with Crippen LogP contribution in [0.4, 0.5) is 0 Å². The van der Waals surface area contributed by atoms with Gasteiger partial charge in [-0.3, -0.25) is 4.98 Å². The summed E-state index contributed by atoms with van der Waals surface area (Å²) in [5.74, 6) is 0.911. The number of fused-ring (bicyclic) bond motifs is 7. The quantitative estimate of drug-likeness (QED) is 0.100. The summed E-state index contributed by atoms with van der Waals surface area (Å²) in [5.41, 5.74) is 10.1. The van der Waals surface area contributed by atoms with E-state index in [2.05, 4.69) is 179 Å². The van der Waals surface area contributed by atoms with E-state index in [1.54, 1.807) is 11.3 Å². The van der Waals surface area contributed by atoms with Crippen LogP contribution in [0.1, 0.15) is 37.6 Å². The van der Waals surface area contributed by atoms with Crippen molar-refractivity contribution in [2.45, 2.75) is 59.7 Å². The number of aromatic nitrogens is 4. The van der Waals surface area contributed by atoms with Gasteiger partial charge in [0.15, 0.2) is 0 Å².